The van der Waals surface area contributed by atoms with Crippen LogP contribution in [0.4, 0.5) is 0 Å². The second-order valence-electron chi connectivity index (χ2n) is 5.71. The summed E-state index contributed by atoms with van der Waals surface area (Å²) in [4.78, 5) is 17.1. The highest BCUT2D eigenvalue weighted by Gasteiger charge is 2.15. The second kappa shape index (κ2) is 6.14. The molecule has 0 atom stereocenters. The summed E-state index contributed by atoms with van der Waals surface area (Å²) in [5.41, 5.74) is 2.66. The molecule has 0 spiro atoms. The first-order valence-corrected chi connectivity index (χ1v) is 8.11. The highest BCUT2D eigenvalue weighted by atomic mass is 35.5. The molecule has 1 aromatic carbocycles. The summed E-state index contributed by atoms with van der Waals surface area (Å²) in [5.74, 6) is 0. The molecular weight excluding hydrogens is 338 g/mol. The summed E-state index contributed by atoms with van der Waals surface area (Å²) in [6.45, 7) is 2.22. The first-order valence-electron chi connectivity index (χ1n) is 7.74. The predicted octanol–water partition coefficient (Wildman–Crippen LogP) is 2.99. The molecule has 0 aliphatic carbocycles. The molecule has 3 aromatic heterocycles. The topological polar surface area (TPSA) is 65.6 Å². The maximum Gasteiger partial charge on any atom is 0.293 e. The molecule has 0 amide bonds. The van der Waals surface area contributed by atoms with Crippen molar-refractivity contribution in [3.05, 3.63) is 81.6 Å². The number of aryl methyl sites for hydroxylation is 1. The van der Waals surface area contributed by atoms with Crippen molar-refractivity contribution in [1.82, 2.24) is 24.5 Å². The quantitative estimate of drug-likeness (QED) is 0.569. The fourth-order valence-corrected chi connectivity index (χ4v) is 2.98. The van der Waals surface area contributed by atoms with Gasteiger partial charge in [-0.05, 0) is 36.8 Å². The van der Waals surface area contributed by atoms with E-state index in [9.17, 15) is 4.79 Å². The summed E-state index contributed by atoms with van der Waals surface area (Å²) in [7, 11) is 0. The van der Waals surface area contributed by atoms with Gasteiger partial charge in [-0.25, -0.2) is 9.36 Å². The highest BCUT2D eigenvalue weighted by molar-refractivity contribution is 6.30. The molecule has 124 valence electrons. The number of fused-ring (bicyclic) bond motifs is 1. The first-order chi connectivity index (χ1) is 12.1. The van der Waals surface area contributed by atoms with Gasteiger partial charge in [0, 0.05) is 22.8 Å². The minimum atomic E-state index is -0.207. The van der Waals surface area contributed by atoms with E-state index in [1.807, 2.05) is 31.2 Å². The van der Waals surface area contributed by atoms with Crippen molar-refractivity contribution < 1.29 is 0 Å². The summed E-state index contributed by atoms with van der Waals surface area (Å²) in [6.07, 6.45) is 5.08. The molecule has 0 unspecified atom stereocenters. The van der Waals surface area contributed by atoms with Crippen LogP contribution in [0.3, 0.4) is 0 Å². The van der Waals surface area contributed by atoms with Crippen molar-refractivity contribution >= 4 is 22.5 Å². The molecule has 0 radical (unpaired) electrons. The third kappa shape index (κ3) is 2.81. The lowest BCUT2D eigenvalue weighted by Crippen LogP contribution is -2.26. The van der Waals surface area contributed by atoms with E-state index in [1.165, 1.54) is 4.68 Å². The van der Waals surface area contributed by atoms with Gasteiger partial charge in [0.25, 0.3) is 5.56 Å². The van der Waals surface area contributed by atoms with Crippen LogP contribution in [0.25, 0.3) is 16.6 Å². The largest absolute Gasteiger partial charge is 0.293 e. The zero-order valence-electron chi connectivity index (χ0n) is 13.4. The van der Waals surface area contributed by atoms with Gasteiger partial charge in [0.05, 0.1) is 24.1 Å². The summed E-state index contributed by atoms with van der Waals surface area (Å²) in [6, 6.07) is 11.0. The molecule has 6 nitrogen and oxygen atoms in total. The van der Waals surface area contributed by atoms with E-state index in [-0.39, 0.29) is 5.56 Å². The number of benzene rings is 1. The SMILES string of the molecule is Cc1nn(Cc2cccnc2)c(=O)c2c1cnn2-c1cccc(Cl)c1. The molecule has 0 bridgehead atoms. The van der Waals surface area contributed by atoms with Crippen LogP contribution in [0.1, 0.15) is 11.3 Å². The molecule has 4 aromatic rings. The zero-order valence-corrected chi connectivity index (χ0v) is 14.2. The Morgan fingerprint density at radius 3 is 2.80 bits per heavy atom. The normalized spacial score (nSPS) is 11.1. The molecule has 0 N–H and O–H groups in total. The second-order valence-corrected chi connectivity index (χ2v) is 6.14. The number of pyridine rings is 1. The maximum atomic E-state index is 13.0. The first kappa shape index (κ1) is 15.5. The molecule has 0 saturated carbocycles. The third-order valence-corrected chi connectivity index (χ3v) is 4.21. The number of hydrogen-bond donors (Lipinski definition) is 0. The Labute approximate surface area is 148 Å². The van der Waals surface area contributed by atoms with E-state index in [0.29, 0.717) is 17.1 Å². The van der Waals surface area contributed by atoms with E-state index in [0.717, 1.165) is 22.3 Å². The zero-order chi connectivity index (χ0) is 17.4. The van der Waals surface area contributed by atoms with Crippen molar-refractivity contribution in [3.63, 3.8) is 0 Å². The van der Waals surface area contributed by atoms with Gasteiger partial charge in [-0.2, -0.15) is 10.2 Å². The number of rotatable bonds is 3. The standard InChI is InChI=1S/C18H14ClN5O/c1-12-16-10-21-24(15-6-2-5-14(19)8-15)17(16)18(25)23(22-12)11-13-4-3-7-20-9-13/h2-10H,11H2,1H3. The van der Waals surface area contributed by atoms with Crippen LogP contribution in [0.15, 0.2) is 59.8 Å². The maximum absolute atomic E-state index is 13.0. The van der Waals surface area contributed by atoms with E-state index >= 15 is 0 Å². The van der Waals surface area contributed by atoms with Gasteiger partial charge in [-0.15, -0.1) is 0 Å². The van der Waals surface area contributed by atoms with E-state index in [2.05, 4.69) is 15.2 Å². The summed E-state index contributed by atoms with van der Waals surface area (Å²) < 4.78 is 3.05. The smallest absolute Gasteiger partial charge is 0.265 e. The van der Waals surface area contributed by atoms with Gasteiger partial charge in [0.2, 0.25) is 0 Å². The Morgan fingerprint density at radius 1 is 1.16 bits per heavy atom. The van der Waals surface area contributed by atoms with Crippen LogP contribution in [0.2, 0.25) is 5.02 Å². The molecule has 0 saturated heterocycles. The van der Waals surface area contributed by atoms with Crippen LogP contribution in [0.5, 0.6) is 0 Å². The average molecular weight is 352 g/mol. The van der Waals surface area contributed by atoms with Crippen LogP contribution in [-0.4, -0.2) is 24.5 Å². The van der Waals surface area contributed by atoms with Gasteiger partial charge < -0.3 is 0 Å². The van der Waals surface area contributed by atoms with Crippen LogP contribution >= 0.6 is 11.6 Å². The monoisotopic (exact) mass is 351 g/mol. The predicted molar refractivity (Wildman–Crippen MR) is 96.2 cm³/mol. The Hall–Kier alpha value is -2.99. The van der Waals surface area contributed by atoms with Crippen molar-refractivity contribution in [2.75, 3.05) is 0 Å². The number of nitrogens with zero attached hydrogens (tertiary/aromatic N) is 5. The summed E-state index contributed by atoms with van der Waals surface area (Å²) >= 11 is 6.08. The Balaban J connectivity index is 1.92. The number of hydrogen-bond acceptors (Lipinski definition) is 4. The lowest BCUT2D eigenvalue weighted by atomic mass is 10.2. The molecule has 25 heavy (non-hydrogen) atoms. The fraction of sp³-hybridized carbons (Fsp3) is 0.111. The Morgan fingerprint density at radius 2 is 2.04 bits per heavy atom. The highest BCUT2D eigenvalue weighted by Crippen LogP contribution is 2.19. The van der Waals surface area contributed by atoms with Crippen molar-refractivity contribution in [2.24, 2.45) is 0 Å². The molecule has 0 fully saturated rings. The lowest BCUT2D eigenvalue weighted by Gasteiger charge is -2.08. The van der Waals surface area contributed by atoms with Crippen molar-refractivity contribution in [3.8, 4) is 5.69 Å². The fourth-order valence-electron chi connectivity index (χ4n) is 2.80. The molecule has 0 aliphatic heterocycles. The van der Waals surface area contributed by atoms with Gasteiger partial charge in [-0.1, -0.05) is 23.7 Å². The molecule has 4 rings (SSSR count). The van der Waals surface area contributed by atoms with Gasteiger partial charge in [0.1, 0.15) is 5.52 Å². The van der Waals surface area contributed by atoms with E-state index < -0.39 is 0 Å². The molecule has 7 heteroatoms. The molecular formula is C18H14ClN5O. The Bertz CT molecular complexity index is 1120. The van der Waals surface area contributed by atoms with Gasteiger partial charge in [-0.3, -0.25) is 9.78 Å². The number of aromatic nitrogens is 5. The van der Waals surface area contributed by atoms with Crippen molar-refractivity contribution in [1.29, 1.82) is 0 Å². The molecule has 3 heterocycles. The number of halogens is 1. The minimum Gasteiger partial charge on any atom is -0.265 e. The minimum absolute atomic E-state index is 0.207. The van der Waals surface area contributed by atoms with E-state index in [4.69, 9.17) is 11.6 Å². The van der Waals surface area contributed by atoms with Crippen molar-refractivity contribution in [2.45, 2.75) is 13.5 Å². The molecule has 0 aliphatic rings. The summed E-state index contributed by atoms with van der Waals surface area (Å²) in [5, 5.41) is 10.1. The van der Waals surface area contributed by atoms with E-state index in [1.54, 1.807) is 35.4 Å². The third-order valence-electron chi connectivity index (χ3n) is 3.97. The van der Waals surface area contributed by atoms with Crippen LogP contribution in [0, 0.1) is 6.92 Å². The Kier molecular flexibility index (Phi) is 3.82. The average Bonchev–Trinajstić information content (AvgIpc) is 3.06. The van der Waals surface area contributed by atoms with Gasteiger partial charge in [0.15, 0.2) is 0 Å². The van der Waals surface area contributed by atoms with Gasteiger partial charge >= 0.3 is 0 Å². The van der Waals surface area contributed by atoms with Crippen LogP contribution in [-0.2, 0) is 6.54 Å². The van der Waals surface area contributed by atoms with Crippen LogP contribution < -0.4 is 5.56 Å². The lowest BCUT2D eigenvalue weighted by molar-refractivity contribution is 0.633.